The average molecular weight is 327 g/mol. The zero-order chi connectivity index (χ0) is 17.5. The maximum Gasteiger partial charge on any atom is 0.407 e. The molecule has 0 aromatic rings. The predicted molar refractivity (Wildman–Crippen MR) is 86.9 cm³/mol. The van der Waals surface area contributed by atoms with Gasteiger partial charge in [0.15, 0.2) is 0 Å². The molecule has 0 bridgehead atoms. The summed E-state index contributed by atoms with van der Waals surface area (Å²) in [7, 11) is 0. The first-order valence-corrected chi connectivity index (χ1v) is 8.22. The number of carbonyl (C=O) groups excluding carboxylic acids is 3. The van der Waals surface area contributed by atoms with Gasteiger partial charge in [0.2, 0.25) is 11.8 Å². The van der Waals surface area contributed by atoms with Crippen molar-refractivity contribution in [3.63, 3.8) is 0 Å². The molecule has 1 heterocycles. The molecule has 0 aromatic heterocycles. The highest BCUT2D eigenvalue weighted by Crippen LogP contribution is 2.11. The van der Waals surface area contributed by atoms with Gasteiger partial charge in [-0.25, -0.2) is 4.79 Å². The fourth-order valence-corrected chi connectivity index (χ4v) is 2.47. The Bertz CT molecular complexity index is 426. The molecule has 0 aliphatic carbocycles. The minimum Gasteiger partial charge on any atom is -0.444 e. The highest BCUT2D eigenvalue weighted by atomic mass is 16.6. The van der Waals surface area contributed by atoms with Gasteiger partial charge in [-0.1, -0.05) is 0 Å². The number of hydrogen-bond acceptors (Lipinski definition) is 4. The first-order valence-electron chi connectivity index (χ1n) is 8.22. The molecule has 0 saturated carbocycles. The van der Waals surface area contributed by atoms with Crippen molar-refractivity contribution in [2.24, 2.45) is 0 Å². The Morgan fingerprint density at radius 3 is 2.30 bits per heavy atom. The molecule has 1 aliphatic heterocycles. The van der Waals surface area contributed by atoms with Gasteiger partial charge in [0.25, 0.3) is 0 Å². The quantitative estimate of drug-likeness (QED) is 0.722. The molecular weight excluding hydrogens is 298 g/mol. The molecule has 132 valence electrons. The van der Waals surface area contributed by atoms with Crippen molar-refractivity contribution in [1.29, 1.82) is 0 Å². The van der Waals surface area contributed by atoms with Crippen LogP contribution in [0.3, 0.4) is 0 Å². The molecular formula is C16H29N3O4. The van der Waals surface area contributed by atoms with Crippen molar-refractivity contribution >= 4 is 17.9 Å². The van der Waals surface area contributed by atoms with E-state index in [-0.39, 0.29) is 11.8 Å². The summed E-state index contributed by atoms with van der Waals surface area (Å²) in [5, 5.41) is 5.37. The number of alkyl carbamates (subject to hydrolysis) is 1. The van der Waals surface area contributed by atoms with Gasteiger partial charge in [-0.05, 0) is 46.5 Å². The lowest BCUT2D eigenvalue weighted by atomic mass is 10.1. The number of nitrogens with one attached hydrogen (secondary N) is 2. The molecule has 23 heavy (non-hydrogen) atoms. The van der Waals surface area contributed by atoms with Crippen LogP contribution in [0.5, 0.6) is 0 Å². The Morgan fingerprint density at radius 2 is 1.78 bits per heavy atom. The third kappa shape index (κ3) is 7.85. The largest absolute Gasteiger partial charge is 0.444 e. The molecule has 2 N–H and O–H groups in total. The minimum absolute atomic E-state index is 0.0324. The molecule has 0 spiro atoms. The topological polar surface area (TPSA) is 87.7 Å². The van der Waals surface area contributed by atoms with Crippen LogP contribution in [0.15, 0.2) is 0 Å². The van der Waals surface area contributed by atoms with Crippen LogP contribution in [0, 0.1) is 0 Å². The van der Waals surface area contributed by atoms with Crippen molar-refractivity contribution in [2.45, 2.75) is 65.0 Å². The molecule has 1 atom stereocenters. The Morgan fingerprint density at radius 1 is 1.17 bits per heavy atom. The second kappa shape index (κ2) is 8.74. The molecule has 1 fully saturated rings. The molecule has 7 nitrogen and oxygen atoms in total. The highest BCUT2D eigenvalue weighted by molar-refractivity contribution is 5.87. The van der Waals surface area contributed by atoms with E-state index in [4.69, 9.17) is 4.74 Å². The van der Waals surface area contributed by atoms with Crippen molar-refractivity contribution in [1.82, 2.24) is 15.5 Å². The Labute approximate surface area is 138 Å². The Hall–Kier alpha value is -1.79. The summed E-state index contributed by atoms with van der Waals surface area (Å²) in [6.45, 7) is 8.72. The number of nitrogens with zero attached hydrogens (tertiary/aromatic N) is 1. The van der Waals surface area contributed by atoms with E-state index < -0.39 is 17.7 Å². The van der Waals surface area contributed by atoms with Gasteiger partial charge in [-0.15, -0.1) is 0 Å². The monoisotopic (exact) mass is 327 g/mol. The number of likely N-dealkylation sites (tertiary alicyclic amines) is 1. The zero-order valence-electron chi connectivity index (χ0n) is 14.6. The van der Waals surface area contributed by atoms with Crippen LogP contribution in [-0.2, 0) is 14.3 Å². The lowest BCUT2D eigenvalue weighted by Gasteiger charge is -2.24. The highest BCUT2D eigenvalue weighted by Gasteiger charge is 2.26. The van der Waals surface area contributed by atoms with Crippen molar-refractivity contribution in [3.8, 4) is 0 Å². The third-order valence-corrected chi connectivity index (χ3v) is 3.43. The van der Waals surface area contributed by atoms with E-state index in [1.807, 2.05) is 0 Å². The lowest BCUT2D eigenvalue weighted by Crippen LogP contribution is -2.47. The molecule has 1 unspecified atom stereocenters. The van der Waals surface area contributed by atoms with Crippen LogP contribution < -0.4 is 10.6 Å². The van der Waals surface area contributed by atoms with E-state index in [1.54, 1.807) is 25.7 Å². The minimum atomic E-state index is -0.533. The van der Waals surface area contributed by atoms with Gasteiger partial charge >= 0.3 is 6.09 Å². The predicted octanol–water partition coefficient (Wildman–Crippen LogP) is 1.42. The third-order valence-electron chi connectivity index (χ3n) is 3.43. The SMILES string of the molecule is CC(=O)NC(CCCNC(=O)OC(C)(C)C)C(=O)N1CCCC1. The lowest BCUT2D eigenvalue weighted by molar-refractivity contribution is -0.135. The van der Waals surface area contributed by atoms with Gasteiger partial charge < -0.3 is 20.3 Å². The van der Waals surface area contributed by atoms with E-state index >= 15 is 0 Å². The first-order chi connectivity index (χ1) is 10.7. The van der Waals surface area contributed by atoms with E-state index in [9.17, 15) is 14.4 Å². The van der Waals surface area contributed by atoms with Crippen LogP contribution in [0.2, 0.25) is 0 Å². The average Bonchev–Trinajstić information content (AvgIpc) is 2.93. The molecule has 0 aromatic carbocycles. The van der Waals surface area contributed by atoms with Crippen LogP contribution in [-0.4, -0.2) is 54.1 Å². The maximum absolute atomic E-state index is 12.4. The summed E-state index contributed by atoms with van der Waals surface area (Å²) in [6.07, 6.45) is 2.63. The summed E-state index contributed by atoms with van der Waals surface area (Å²) < 4.78 is 5.14. The molecule has 0 radical (unpaired) electrons. The molecule has 1 aliphatic rings. The summed E-state index contributed by atoms with van der Waals surface area (Å²) in [6, 6.07) is -0.522. The van der Waals surface area contributed by atoms with Gasteiger partial charge in [-0.3, -0.25) is 9.59 Å². The van der Waals surface area contributed by atoms with Crippen LogP contribution in [0.4, 0.5) is 4.79 Å². The van der Waals surface area contributed by atoms with Gasteiger partial charge in [-0.2, -0.15) is 0 Å². The van der Waals surface area contributed by atoms with E-state index in [0.29, 0.717) is 19.4 Å². The fourth-order valence-electron chi connectivity index (χ4n) is 2.47. The molecule has 3 amide bonds. The number of hydrogen-bond donors (Lipinski definition) is 2. The Balaban J connectivity index is 2.38. The number of amides is 3. The molecule has 1 rings (SSSR count). The standard InChI is InChI=1S/C16H29N3O4/c1-12(20)18-13(14(21)19-10-5-6-11-19)8-7-9-17-15(22)23-16(2,3)4/h13H,5-11H2,1-4H3,(H,17,22)(H,18,20). The number of rotatable bonds is 6. The van der Waals surface area contributed by atoms with E-state index in [1.165, 1.54) is 6.92 Å². The van der Waals surface area contributed by atoms with Crippen molar-refractivity contribution in [3.05, 3.63) is 0 Å². The van der Waals surface area contributed by atoms with Crippen molar-refractivity contribution in [2.75, 3.05) is 19.6 Å². The van der Waals surface area contributed by atoms with Gasteiger partial charge in [0.1, 0.15) is 11.6 Å². The normalized spacial score (nSPS) is 15.9. The Kier molecular flexibility index (Phi) is 7.32. The zero-order valence-corrected chi connectivity index (χ0v) is 14.6. The van der Waals surface area contributed by atoms with Gasteiger partial charge in [0, 0.05) is 26.6 Å². The van der Waals surface area contributed by atoms with Crippen molar-refractivity contribution < 1.29 is 19.1 Å². The second-order valence-corrected chi connectivity index (χ2v) is 6.86. The summed E-state index contributed by atoms with van der Waals surface area (Å²) in [4.78, 5) is 37.0. The summed E-state index contributed by atoms with van der Waals surface area (Å²) >= 11 is 0. The smallest absolute Gasteiger partial charge is 0.407 e. The molecule has 1 saturated heterocycles. The van der Waals surface area contributed by atoms with E-state index in [0.717, 1.165) is 25.9 Å². The van der Waals surface area contributed by atoms with Crippen LogP contribution in [0.1, 0.15) is 53.4 Å². The molecule has 7 heteroatoms. The number of carbonyl (C=O) groups is 3. The van der Waals surface area contributed by atoms with E-state index in [2.05, 4.69) is 10.6 Å². The fraction of sp³-hybridized carbons (Fsp3) is 0.812. The van der Waals surface area contributed by atoms with Gasteiger partial charge in [0.05, 0.1) is 0 Å². The van der Waals surface area contributed by atoms with Crippen LogP contribution in [0.25, 0.3) is 0 Å². The maximum atomic E-state index is 12.4. The van der Waals surface area contributed by atoms with Crippen LogP contribution >= 0.6 is 0 Å². The first kappa shape index (κ1) is 19.3. The number of ether oxygens (including phenoxy) is 1. The summed E-state index contributed by atoms with van der Waals surface area (Å²) in [5.74, 6) is -0.252. The summed E-state index contributed by atoms with van der Waals surface area (Å²) in [5.41, 5.74) is -0.533. The second-order valence-electron chi connectivity index (χ2n) is 6.86.